The van der Waals surface area contributed by atoms with Gasteiger partial charge < -0.3 is 20.5 Å². The summed E-state index contributed by atoms with van der Waals surface area (Å²) in [6, 6.07) is 4.56. The topological polar surface area (TPSA) is 87.7 Å². The molecular formula is C16H23ClN2O4. The standard InChI is InChI=1S/C16H23ClN2O4/c1-10(2)23-11-5-6-13(12(17)9-11)18-15(22)19-16(3,4)8-7-14(20)21/h5-6,9-10H,7-8H2,1-4H3,(H,20,21)(H2,18,19,22). The molecule has 128 valence electrons. The second kappa shape index (κ2) is 8.06. The van der Waals surface area contributed by atoms with Crippen molar-refractivity contribution >= 4 is 29.3 Å². The molecule has 1 aromatic rings. The Kier molecular flexibility index (Phi) is 6.69. The molecule has 2 amide bonds. The van der Waals surface area contributed by atoms with Gasteiger partial charge in [-0.1, -0.05) is 11.6 Å². The fraction of sp³-hybridized carbons (Fsp3) is 0.500. The SMILES string of the molecule is CC(C)Oc1ccc(NC(=O)NC(C)(C)CCC(=O)O)c(Cl)c1. The molecule has 3 N–H and O–H groups in total. The fourth-order valence-corrected chi connectivity index (χ4v) is 2.10. The first kappa shape index (κ1) is 19.1. The highest BCUT2D eigenvalue weighted by molar-refractivity contribution is 6.33. The number of benzene rings is 1. The number of halogens is 1. The number of urea groups is 1. The first-order valence-electron chi connectivity index (χ1n) is 7.36. The number of carbonyl (C=O) groups is 2. The molecule has 0 aliphatic heterocycles. The summed E-state index contributed by atoms with van der Waals surface area (Å²) in [6.45, 7) is 7.34. The van der Waals surface area contributed by atoms with E-state index in [1.807, 2.05) is 13.8 Å². The number of amides is 2. The largest absolute Gasteiger partial charge is 0.491 e. The lowest BCUT2D eigenvalue weighted by atomic mass is 9.99. The lowest BCUT2D eigenvalue weighted by Gasteiger charge is -2.25. The molecular weight excluding hydrogens is 320 g/mol. The lowest BCUT2D eigenvalue weighted by Crippen LogP contribution is -2.45. The van der Waals surface area contributed by atoms with Crippen molar-refractivity contribution in [1.82, 2.24) is 5.32 Å². The maximum atomic E-state index is 12.0. The predicted molar refractivity (Wildman–Crippen MR) is 90.3 cm³/mol. The molecule has 0 saturated heterocycles. The normalized spacial score (nSPS) is 11.2. The Hall–Kier alpha value is -1.95. The minimum absolute atomic E-state index is 0.0186. The van der Waals surface area contributed by atoms with Crippen LogP contribution in [-0.4, -0.2) is 28.7 Å². The average Bonchev–Trinajstić information content (AvgIpc) is 2.38. The third kappa shape index (κ3) is 7.23. The quantitative estimate of drug-likeness (QED) is 0.701. The number of rotatable bonds is 7. The van der Waals surface area contributed by atoms with E-state index in [4.69, 9.17) is 21.4 Å². The molecule has 23 heavy (non-hydrogen) atoms. The molecule has 0 saturated carbocycles. The van der Waals surface area contributed by atoms with Crippen molar-refractivity contribution in [2.45, 2.75) is 52.2 Å². The van der Waals surface area contributed by atoms with Gasteiger partial charge in [0.25, 0.3) is 0 Å². The summed E-state index contributed by atoms with van der Waals surface area (Å²) in [5, 5.41) is 14.5. The molecule has 0 aliphatic rings. The third-order valence-corrected chi connectivity index (χ3v) is 3.29. The molecule has 0 aliphatic carbocycles. The molecule has 1 aromatic carbocycles. The second-order valence-electron chi connectivity index (χ2n) is 6.17. The van der Waals surface area contributed by atoms with Crippen LogP contribution in [0.3, 0.4) is 0 Å². The molecule has 0 spiro atoms. The van der Waals surface area contributed by atoms with E-state index >= 15 is 0 Å². The van der Waals surface area contributed by atoms with E-state index in [2.05, 4.69) is 10.6 Å². The van der Waals surface area contributed by atoms with Gasteiger partial charge in [-0.25, -0.2) is 4.79 Å². The van der Waals surface area contributed by atoms with Crippen LogP contribution < -0.4 is 15.4 Å². The van der Waals surface area contributed by atoms with Gasteiger partial charge in [0.2, 0.25) is 0 Å². The number of ether oxygens (including phenoxy) is 1. The van der Waals surface area contributed by atoms with Crippen LogP contribution in [0.5, 0.6) is 5.75 Å². The Morgan fingerprint density at radius 2 is 2.00 bits per heavy atom. The van der Waals surface area contributed by atoms with Crippen molar-refractivity contribution < 1.29 is 19.4 Å². The molecule has 7 heteroatoms. The monoisotopic (exact) mass is 342 g/mol. The number of nitrogens with one attached hydrogen (secondary N) is 2. The van der Waals surface area contributed by atoms with Gasteiger partial charge >= 0.3 is 12.0 Å². The van der Waals surface area contributed by atoms with Crippen LogP contribution in [0.15, 0.2) is 18.2 Å². The number of hydrogen-bond donors (Lipinski definition) is 3. The van der Waals surface area contributed by atoms with Gasteiger partial charge in [0.05, 0.1) is 16.8 Å². The zero-order chi connectivity index (χ0) is 17.6. The van der Waals surface area contributed by atoms with Crippen LogP contribution in [0.4, 0.5) is 10.5 Å². The molecule has 0 fully saturated rings. The number of aliphatic carboxylic acids is 1. The van der Waals surface area contributed by atoms with Gasteiger partial charge in [0.1, 0.15) is 5.75 Å². The molecule has 0 unspecified atom stereocenters. The van der Waals surface area contributed by atoms with Crippen LogP contribution in [0.25, 0.3) is 0 Å². The summed E-state index contributed by atoms with van der Waals surface area (Å²) in [5.41, 5.74) is -0.190. The van der Waals surface area contributed by atoms with Gasteiger partial charge in [0.15, 0.2) is 0 Å². The van der Waals surface area contributed by atoms with E-state index in [1.165, 1.54) is 0 Å². The van der Waals surface area contributed by atoms with E-state index < -0.39 is 17.5 Å². The highest BCUT2D eigenvalue weighted by Gasteiger charge is 2.21. The van der Waals surface area contributed by atoms with E-state index in [1.54, 1.807) is 32.0 Å². The third-order valence-electron chi connectivity index (χ3n) is 2.98. The Bertz CT molecular complexity index is 573. The van der Waals surface area contributed by atoms with Gasteiger partial charge in [0, 0.05) is 18.0 Å². The summed E-state index contributed by atoms with van der Waals surface area (Å²) in [4.78, 5) is 22.6. The Balaban J connectivity index is 2.65. The van der Waals surface area contributed by atoms with E-state index in [9.17, 15) is 9.59 Å². The van der Waals surface area contributed by atoms with Crippen LogP contribution in [0, 0.1) is 0 Å². The molecule has 0 heterocycles. The zero-order valence-electron chi connectivity index (χ0n) is 13.8. The maximum Gasteiger partial charge on any atom is 0.319 e. The van der Waals surface area contributed by atoms with Crippen molar-refractivity contribution in [1.29, 1.82) is 0 Å². The first-order chi connectivity index (χ1) is 10.6. The average molecular weight is 343 g/mol. The van der Waals surface area contributed by atoms with Crippen LogP contribution in [0.2, 0.25) is 5.02 Å². The molecule has 6 nitrogen and oxygen atoms in total. The molecule has 0 aromatic heterocycles. The number of hydrogen-bond acceptors (Lipinski definition) is 3. The number of carboxylic acid groups (broad SMARTS) is 1. The van der Waals surface area contributed by atoms with Crippen molar-refractivity contribution in [3.8, 4) is 5.75 Å². The second-order valence-corrected chi connectivity index (χ2v) is 6.57. The first-order valence-corrected chi connectivity index (χ1v) is 7.74. The Morgan fingerprint density at radius 1 is 1.35 bits per heavy atom. The Labute approximate surface area is 141 Å². The Morgan fingerprint density at radius 3 is 2.52 bits per heavy atom. The zero-order valence-corrected chi connectivity index (χ0v) is 14.5. The number of anilines is 1. The fourth-order valence-electron chi connectivity index (χ4n) is 1.89. The van der Waals surface area contributed by atoms with Gasteiger partial charge in [-0.3, -0.25) is 4.79 Å². The highest BCUT2D eigenvalue weighted by atomic mass is 35.5. The summed E-state index contributed by atoms with van der Waals surface area (Å²) in [6.07, 6.45) is 0.336. The minimum Gasteiger partial charge on any atom is -0.491 e. The van der Waals surface area contributed by atoms with Crippen molar-refractivity contribution in [2.75, 3.05) is 5.32 Å². The summed E-state index contributed by atoms with van der Waals surface area (Å²) < 4.78 is 5.52. The summed E-state index contributed by atoms with van der Waals surface area (Å²) >= 11 is 6.13. The van der Waals surface area contributed by atoms with Gasteiger partial charge in [-0.05, 0) is 46.2 Å². The summed E-state index contributed by atoms with van der Waals surface area (Å²) in [7, 11) is 0. The molecule has 0 radical (unpaired) electrons. The number of carboxylic acids is 1. The van der Waals surface area contributed by atoms with E-state index in [0.29, 0.717) is 22.9 Å². The smallest absolute Gasteiger partial charge is 0.319 e. The highest BCUT2D eigenvalue weighted by Crippen LogP contribution is 2.27. The van der Waals surface area contributed by atoms with Gasteiger partial charge in [-0.15, -0.1) is 0 Å². The van der Waals surface area contributed by atoms with Crippen LogP contribution in [-0.2, 0) is 4.79 Å². The molecule has 1 rings (SSSR count). The maximum absolute atomic E-state index is 12.0. The molecule has 0 bridgehead atoms. The van der Waals surface area contributed by atoms with Crippen LogP contribution >= 0.6 is 11.6 Å². The van der Waals surface area contributed by atoms with Crippen molar-refractivity contribution in [2.24, 2.45) is 0 Å². The van der Waals surface area contributed by atoms with Crippen molar-refractivity contribution in [3.63, 3.8) is 0 Å². The van der Waals surface area contributed by atoms with E-state index in [0.717, 1.165) is 0 Å². The van der Waals surface area contributed by atoms with E-state index in [-0.39, 0.29) is 12.5 Å². The molecule has 0 atom stereocenters. The van der Waals surface area contributed by atoms with Crippen molar-refractivity contribution in [3.05, 3.63) is 23.2 Å². The predicted octanol–water partition coefficient (Wildman–Crippen LogP) is 3.89. The van der Waals surface area contributed by atoms with Crippen LogP contribution in [0.1, 0.15) is 40.5 Å². The lowest BCUT2D eigenvalue weighted by molar-refractivity contribution is -0.137. The van der Waals surface area contributed by atoms with Gasteiger partial charge in [-0.2, -0.15) is 0 Å². The summed E-state index contributed by atoms with van der Waals surface area (Å²) in [5.74, 6) is -0.276. The number of carbonyl (C=O) groups excluding carboxylic acids is 1. The minimum atomic E-state index is -0.899.